The molecule has 0 saturated carbocycles. The molecule has 1 aromatic heterocycles. The highest BCUT2D eigenvalue weighted by atomic mass is 16.2. The van der Waals surface area contributed by atoms with Crippen molar-refractivity contribution in [2.24, 2.45) is 0 Å². The smallest absolute Gasteiger partial charge is 0.251 e. The van der Waals surface area contributed by atoms with Gasteiger partial charge in [-0.05, 0) is 44.0 Å². The first-order valence-corrected chi connectivity index (χ1v) is 9.95. The zero-order chi connectivity index (χ0) is 20.4. The summed E-state index contributed by atoms with van der Waals surface area (Å²) in [6.07, 6.45) is 4.96. The third kappa shape index (κ3) is 3.94. The number of carbonyl (C=O) groups is 2. The van der Waals surface area contributed by atoms with Crippen LogP contribution >= 0.6 is 0 Å². The van der Waals surface area contributed by atoms with Gasteiger partial charge in [-0.25, -0.2) is 0 Å². The number of aromatic nitrogens is 1. The fourth-order valence-corrected chi connectivity index (χ4v) is 3.85. The van der Waals surface area contributed by atoms with Crippen molar-refractivity contribution in [2.45, 2.75) is 26.3 Å². The number of benzene rings is 2. The third-order valence-electron chi connectivity index (χ3n) is 5.45. The number of hydrogen-bond acceptors (Lipinski definition) is 2. The van der Waals surface area contributed by atoms with Crippen LogP contribution in [0.25, 0.3) is 16.5 Å². The molecular weight excluding hydrogens is 362 g/mol. The summed E-state index contributed by atoms with van der Waals surface area (Å²) >= 11 is 0. The molecule has 148 valence electrons. The second-order valence-corrected chi connectivity index (χ2v) is 7.58. The summed E-state index contributed by atoms with van der Waals surface area (Å²) in [7, 11) is 0. The van der Waals surface area contributed by atoms with Gasteiger partial charge in [-0.15, -0.1) is 0 Å². The van der Waals surface area contributed by atoms with Gasteiger partial charge < -0.3 is 15.2 Å². The molecule has 2 N–H and O–H groups in total. The Hall–Kier alpha value is -3.34. The highest BCUT2D eigenvalue weighted by Crippen LogP contribution is 2.29. The molecule has 1 atom stereocenters. The lowest BCUT2D eigenvalue weighted by atomic mass is 9.98. The lowest BCUT2D eigenvalue weighted by Crippen LogP contribution is -2.48. The van der Waals surface area contributed by atoms with Crippen molar-refractivity contribution in [3.8, 4) is 0 Å². The highest BCUT2D eigenvalue weighted by Gasteiger charge is 2.24. The van der Waals surface area contributed by atoms with Crippen LogP contribution in [0.15, 0.2) is 60.8 Å². The van der Waals surface area contributed by atoms with Gasteiger partial charge in [0.1, 0.15) is 6.04 Å². The van der Waals surface area contributed by atoms with Crippen LogP contribution in [0.4, 0.5) is 0 Å². The molecule has 0 radical (unpaired) electrons. The van der Waals surface area contributed by atoms with Gasteiger partial charge in [0.15, 0.2) is 0 Å². The number of para-hydroxylation sites is 1. The largest absolute Gasteiger partial charge is 0.361 e. The molecule has 0 aliphatic carbocycles. The van der Waals surface area contributed by atoms with Crippen molar-refractivity contribution in [3.63, 3.8) is 0 Å². The van der Waals surface area contributed by atoms with E-state index in [1.54, 1.807) is 17.9 Å². The molecule has 0 saturated heterocycles. The van der Waals surface area contributed by atoms with Crippen molar-refractivity contribution < 1.29 is 9.59 Å². The van der Waals surface area contributed by atoms with Crippen molar-refractivity contribution in [2.75, 3.05) is 13.1 Å². The Kier molecular flexibility index (Phi) is 5.21. The number of amides is 2. The monoisotopic (exact) mass is 387 g/mol. The zero-order valence-electron chi connectivity index (χ0n) is 16.7. The number of hydrogen-bond donors (Lipinski definition) is 2. The van der Waals surface area contributed by atoms with Gasteiger partial charge in [0.05, 0.1) is 0 Å². The maximum atomic E-state index is 12.8. The predicted molar refractivity (Wildman–Crippen MR) is 116 cm³/mol. The first-order valence-electron chi connectivity index (χ1n) is 9.95. The van der Waals surface area contributed by atoms with Gasteiger partial charge >= 0.3 is 0 Å². The second-order valence-electron chi connectivity index (χ2n) is 7.58. The van der Waals surface area contributed by atoms with Crippen LogP contribution in [-0.4, -0.2) is 40.8 Å². The number of rotatable bonds is 4. The van der Waals surface area contributed by atoms with Gasteiger partial charge in [0, 0.05) is 41.3 Å². The van der Waals surface area contributed by atoms with Crippen molar-refractivity contribution >= 4 is 28.3 Å². The number of H-pyrrole nitrogens is 1. The topological polar surface area (TPSA) is 65.2 Å². The fourth-order valence-electron chi connectivity index (χ4n) is 3.85. The van der Waals surface area contributed by atoms with Crippen LogP contribution in [0.1, 0.15) is 34.8 Å². The second kappa shape index (κ2) is 7.95. The normalized spacial score (nSPS) is 15.1. The van der Waals surface area contributed by atoms with E-state index in [1.807, 2.05) is 43.5 Å². The molecule has 1 aliphatic rings. The van der Waals surface area contributed by atoms with E-state index in [9.17, 15) is 9.59 Å². The molecule has 29 heavy (non-hydrogen) atoms. The maximum absolute atomic E-state index is 12.8. The van der Waals surface area contributed by atoms with Gasteiger partial charge in [0.25, 0.3) is 5.91 Å². The Morgan fingerprint density at radius 2 is 1.97 bits per heavy atom. The van der Waals surface area contributed by atoms with E-state index in [0.717, 1.165) is 17.5 Å². The summed E-state index contributed by atoms with van der Waals surface area (Å²) in [6.45, 7) is 4.89. The SMILES string of the molecule is Cc1cccc(C(=O)N[C@H](C)C(=O)N2CC=C(c3c[nH]c4ccccc34)CC2)c1. The summed E-state index contributed by atoms with van der Waals surface area (Å²) in [5, 5.41) is 4.03. The van der Waals surface area contributed by atoms with Crippen LogP contribution in [0, 0.1) is 6.92 Å². The zero-order valence-corrected chi connectivity index (χ0v) is 16.7. The molecule has 2 aromatic carbocycles. The Bertz CT molecular complexity index is 1100. The third-order valence-corrected chi connectivity index (χ3v) is 5.45. The van der Waals surface area contributed by atoms with Crippen LogP contribution in [0.3, 0.4) is 0 Å². The van der Waals surface area contributed by atoms with Crippen LogP contribution < -0.4 is 5.32 Å². The molecule has 0 spiro atoms. The van der Waals surface area contributed by atoms with Crippen LogP contribution in [-0.2, 0) is 4.79 Å². The number of fused-ring (bicyclic) bond motifs is 1. The summed E-state index contributed by atoms with van der Waals surface area (Å²) in [5.41, 5.74) is 5.17. The van der Waals surface area contributed by atoms with Crippen molar-refractivity contribution in [1.82, 2.24) is 15.2 Å². The van der Waals surface area contributed by atoms with Gasteiger partial charge in [0.2, 0.25) is 5.91 Å². The van der Waals surface area contributed by atoms with E-state index in [1.165, 1.54) is 16.5 Å². The Balaban J connectivity index is 1.41. The quantitative estimate of drug-likeness (QED) is 0.713. The number of aryl methyl sites for hydroxylation is 1. The summed E-state index contributed by atoms with van der Waals surface area (Å²) < 4.78 is 0. The Morgan fingerprint density at radius 3 is 2.72 bits per heavy atom. The predicted octanol–water partition coefficient (Wildman–Crippen LogP) is 3.91. The fraction of sp³-hybridized carbons (Fsp3) is 0.250. The average Bonchev–Trinajstić information content (AvgIpc) is 3.17. The number of nitrogens with zero attached hydrogens (tertiary/aromatic N) is 1. The summed E-state index contributed by atoms with van der Waals surface area (Å²) in [5.74, 6) is -0.276. The number of carbonyl (C=O) groups excluding carboxylic acids is 2. The molecule has 5 nitrogen and oxygen atoms in total. The van der Waals surface area contributed by atoms with E-state index in [-0.39, 0.29) is 11.8 Å². The Labute approximate surface area is 170 Å². The minimum Gasteiger partial charge on any atom is -0.361 e. The lowest BCUT2D eigenvalue weighted by Gasteiger charge is -2.29. The van der Waals surface area contributed by atoms with Gasteiger partial charge in [-0.1, -0.05) is 42.0 Å². The molecule has 0 fully saturated rings. The van der Waals surface area contributed by atoms with Gasteiger partial charge in [-0.3, -0.25) is 9.59 Å². The highest BCUT2D eigenvalue weighted by molar-refractivity contribution is 5.98. The minimum absolute atomic E-state index is 0.0553. The molecular formula is C24H25N3O2. The van der Waals surface area contributed by atoms with E-state index >= 15 is 0 Å². The van der Waals surface area contributed by atoms with Crippen molar-refractivity contribution in [3.05, 3.63) is 77.5 Å². The summed E-state index contributed by atoms with van der Waals surface area (Å²) in [4.78, 5) is 30.4. The van der Waals surface area contributed by atoms with Crippen LogP contribution in [0.2, 0.25) is 0 Å². The number of nitrogens with one attached hydrogen (secondary N) is 2. The van der Waals surface area contributed by atoms with E-state index in [4.69, 9.17) is 0 Å². The molecule has 4 rings (SSSR count). The summed E-state index contributed by atoms with van der Waals surface area (Å²) in [6, 6.07) is 15.0. The van der Waals surface area contributed by atoms with E-state index in [0.29, 0.717) is 18.7 Å². The number of aromatic amines is 1. The van der Waals surface area contributed by atoms with E-state index < -0.39 is 6.04 Å². The lowest BCUT2D eigenvalue weighted by molar-refractivity contribution is -0.132. The molecule has 3 aromatic rings. The molecule has 2 heterocycles. The standard InChI is InChI=1S/C24H25N3O2/c1-16-6-5-7-19(14-16)23(28)26-17(2)24(29)27-12-10-18(11-13-27)21-15-25-22-9-4-3-8-20(21)22/h3-10,14-15,17,25H,11-13H2,1-2H3,(H,26,28)/t17-/m1/s1. The maximum Gasteiger partial charge on any atom is 0.251 e. The van der Waals surface area contributed by atoms with Crippen molar-refractivity contribution in [1.29, 1.82) is 0 Å². The Morgan fingerprint density at radius 1 is 1.14 bits per heavy atom. The molecule has 0 unspecified atom stereocenters. The molecule has 1 aliphatic heterocycles. The average molecular weight is 387 g/mol. The van der Waals surface area contributed by atoms with Crippen LogP contribution in [0.5, 0.6) is 0 Å². The molecule has 0 bridgehead atoms. The van der Waals surface area contributed by atoms with Gasteiger partial charge in [-0.2, -0.15) is 0 Å². The minimum atomic E-state index is -0.564. The first kappa shape index (κ1) is 19.0. The first-order chi connectivity index (χ1) is 14.0. The van der Waals surface area contributed by atoms with E-state index in [2.05, 4.69) is 28.5 Å². The molecule has 2 amide bonds. The molecule has 5 heteroatoms.